The molecule has 2 N–H and O–H groups in total. The van der Waals surface area contributed by atoms with Gasteiger partial charge in [-0.25, -0.2) is 4.98 Å². The van der Waals surface area contributed by atoms with Crippen molar-refractivity contribution in [3.05, 3.63) is 40.6 Å². The quantitative estimate of drug-likeness (QED) is 0.706. The van der Waals surface area contributed by atoms with Crippen LogP contribution in [0.3, 0.4) is 0 Å². The Morgan fingerprint density at radius 1 is 1.09 bits per heavy atom. The first-order chi connectivity index (χ1) is 16.1. The van der Waals surface area contributed by atoms with Crippen LogP contribution in [0.5, 0.6) is 0 Å². The second-order valence-corrected chi connectivity index (χ2v) is 12.4. The lowest BCUT2D eigenvalue weighted by Gasteiger charge is -2.42. The lowest BCUT2D eigenvalue weighted by molar-refractivity contribution is 0.143. The van der Waals surface area contributed by atoms with Crippen molar-refractivity contribution in [3.8, 4) is 0 Å². The molecular formula is C26H32N4O2S. The van der Waals surface area contributed by atoms with Crippen LogP contribution in [0.25, 0.3) is 0 Å². The van der Waals surface area contributed by atoms with Gasteiger partial charge in [-0.15, -0.1) is 0 Å². The van der Waals surface area contributed by atoms with Gasteiger partial charge in [0.2, 0.25) is 5.95 Å². The molecule has 7 rings (SSSR count). The Morgan fingerprint density at radius 2 is 1.88 bits per heavy atom. The van der Waals surface area contributed by atoms with Crippen LogP contribution in [-0.4, -0.2) is 50.3 Å². The van der Waals surface area contributed by atoms with Crippen molar-refractivity contribution in [3.63, 3.8) is 0 Å². The third kappa shape index (κ3) is 3.18. The number of fused-ring (bicyclic) bond motifs is 3. The molecule has 2 saturated carbocycles. The van der Waals surface area contributed by atoms with Gasteiger partial charge < -0.3 is 15.3 Å². The molecule has 5 aliphatic rings. The van der Waals surface area contributed by atoms with Crippen molar-refractivity contribution in [1.82, 2.24) is 9.97 Å². The highest BCUT2D eigenvalue weighted by molar-refractivity contribution is 7.85. The number of aryl methyl sites for hydroxylation is 2. The molecular weight excluding hydrogens is 432 g/mol. The van der Waals surface area contributed by atoms with Gasteiger partial charge in [0.1, 0.15) is 10.7 Å². The normalized spacial score (nSPS) is 26.3. The Labute approximate surface area is 197 Å². The maximum absolute atomic E-state index is 13.1. The van der Waals surface area contributed by atoms with Gasteiger partial charge in [0.15, 0.2) is 0 Å². The average Bonchev–Trinajstić information content (AvgIpc) is 3.51. The monoisotopic (exact) mass is 464 g/mol. The highest BCUT2D eigenvalue weighted by Gasteiger charge is 2.55. The molecule has 0 bridgehead atoms. The Hall–Kier alpha value is -1.99. The van der Waals surface area contributed by atoms with E-state index in [1.54, 1.807) is 5.56 Å². The van der Waals surface area contributed by atoms with Gasteiger partial charge in [0, 0.05) is 24.3 Å². The third-order valence-electron chi connectivity index (χ3n) is 8.98. The first-order valence-corrected chi connectivity index (χ1v) is 14.0. The molecule has 3 aliphatic carbocycles. The number of aliphatic hydroxyl groups is 1. The third-order valence-corrected chi connectivity index (χ3v) is 10.6. The van der Waals surface area contributed by atoms with Gasteiger partial charge in [0.05, 0.1) is 28.6 Å². The Balaban J connectivity index is 1.17. The van der Waals surface area contributed by atoms with E-state index in [0.29, 0.717) is 11.7 Å². The zero-order valence-electron chi connectivity index (χ0n) is 19.1. The summed E-state index contributed by atoms with van der Waals surface area (Å²) in [6, 6.07) is 7.10. The number of benzene rings is 1. The molecule has 1 spiro atoms. The van der Waals surface area contributed by atoms with E-state index < -0.39 is 10.8 Å². The summed E-state index contributed by atoms with van der Waals surface area (Å²) in [7, 11) is -1.06. The van der Waals surface area contributed by atoms with Crippen molar-refractivity contribution in [2.75, 3.05) is 35.7 Å². The minimum Gasteiger partial charge on any atom is -0.394 e. The summed E-state index contributed by atoms with van der Waals surface area (Å²) < 4.78 is 13.1. The van der Waals surface area contributed by atoms with Crippen molar-refractivity contribution in [2.24, 2.45) is 0 Å². The average molecular weight is 465 g/mol. The predicted molar refractivity (Wildman–Crippen MR) is 130 cm³/mol. The van der Waals surface area contributed by atoms with E-state index >= 15 is 0 Å². The van der Waals surface area contributed by atoms with Gasteiger partial charge in [-0.05, 0) is 80.4 Å². The van der Waals surface area contributed by atoms with Crippen molar-refractivity contribution >= 4 is 22.6 Å². The maximum Gasteiger partial charge on any atom is 0.227 e. The molecule has 7 heteroatoms. The number of rotatable bonds is 5. The van der Waals surface area contributed by atoms with Crippen LogP contribution < -0.4 is 10.2 Å². The van der Waals surface area contributed by atoms with Crippen molar-refractivity contribution in [1.29, 1.82) is 0 Å². The topological polar surface area (TPSA) is 78.4 Å². The summed E-state index contributed by atoms with van der Waals surface area (Å²) >= 11 is 0. The summed E-state index contributed by atoms with van der Waals surface area (Å²) in [5.74, 6) is 2.79. The van der Waals surface area contributed by atoms with Crippen LogP contribution in [0.1, 0.15) is 73.2 Å². The zero-order chi connectivity index (χ0) is 22.2. The standard InChI is InChI=1S/C26H32N4O2S/c31-15-26(8-1-9-26)29-23-21-22(25(10-11-25)16-33(21)32)27-24(28-23)30-12-6-18(7-13-30)20-5-3-17-2-4-19(17)14-20/h3,5,14,18,31H,1-2,4,6-13,15-16H2,(H,27,28,29)/t33-/m1/s1. The highest BCUT2D eigenvalue weighted by atomic mass is 32.2. The van der Waals surface area contributed by atoms with E-state index in [4.69, 9.17) is 9.97 Å². The number of piperidine rings is 1. The van der Waals surface area contributed by atoms with E-state index in [1.165, 1.54) is 24.0 Å². The molecule has 174 valence electrons. The summed E-state index contributed by atoms with van der Waals surface area (Å²) in [4.78, 5) is 13.2. The fourth-order valence-corrected chi connectivity index (χ4v) is 8.08. The second kappa shape index (κ2) is 7.25. The number of hydrogen-bond acceptors (Lipinski definition) is 6. The van der Waals surface area contributed by atoms with Crippen molar-refractivity contribution < 1.29 is 9.32 Å². The number of nitrogens with one attached hydrogen (secondary N) is 1. The van der Waals surface area contributed by atoms with E-state index in [2.05, 4.69) is 28.4 Å². The first-order valence-electron chi connectivity index (χ1n) is 12.6. The van der Waals surface area contributed by atoms with E-state index in [0.717, 1.165) is 80.4 Å². The van der Waals surface area contributed by atoms with Crippen molar-refractivity contribution in [2.45, 2.75) is 79.6 Å². The largest absolute Gasteiger partial charge is 0.394 e. The molecule has 0 radical (unpaired) electrons. The second-order valence-electron chi connectivity index (χ2n) is 11.0. The molecule has 0 amide bonds. The van der Waals surface area contributed by atoms with Gasteiger partial charge in [-0.1, -0.05) is 18.2 Å². The summed E-state index contributed by atoms with van der Waals surface area (Å²) in [5, 5.41) is 13.6. The fraction of sp³-hybridized carbons (Fsp3) is 0.615. The molecule has 1 saturated heterocycles. The minimum atomic E-state index is -1.06. The van der Waals surface area contributed by atoms with Crippen LogP contribution in [0.4, 0.5) is 11.8 Å². The van der Waals surface area contributed by atoms with Gasteiger partial charge >= 0.3 is 0 Å². The number of aromatic nitrogens is 2. The Morgan fingerprint density at radius 3 is 2.48 bits per heavy atom. The van der Waals surface area contributed by atoms with Gasteiger partial charge in [-0.3, -0.25) is 4.21 Å². The minimum absolute atomic E-state index is 0.00450. The number of anilines is 2. The summed E-state index contributed by atoms with van der Waals surface area (Å²) in [6.07, 6.45) is 9.82. The first kappa shape index (κ1) is 20.4. The molecule has 1 atom stereocenters. The molecule has 2 aromatic rings. The van der Waals surface area contributed by atoms with Crippen LogP contribution in [0.2, 0.25) is 0 Å². The van der Waals surface area contributed by atoms with E-state index in [1.807, 2.05) is 0 Å². The molecule has 1 aromatic heterocycles. The maximum atomic E-state index is 13.1. The summed E-state index contributed by atoms with van der Waals surface area (Å²) in [6.45, 7) is 1.98. The van der Waals surface area contributed by atoms with Crippen LogP contribution in [0, 0.1) is 0 Å². The lowest BCUT2D eigenvalue weighted by Crippen LogP contribution is -2.49. The van der Waals surface area contributed by atoms with E-state index in [9.17, 15) is 9.32 Å². The molecule has 3 fully saturated rings. The van der Waals surface area contributed by atoms with Crippen LogP contribution >= 0.6 is 0 Å². The number of nitrogens with zero attached hydrogens (tertiary/aromatic N) is 3. The number of hydrogen-bond donors (Lipinski definition) is 2. The van der Waals surface area contributed by atoms with Gasteiger partial charge in [-0.2, -0.15) is 4.98 Å². The molecule has 1 aromatic carbocycles. The predicted octanol–water partition coefficient (Wildman–Crippen LogP) is 3.44. The Bertz CT molecular complexity index is 1140. The van der Waals surface area contributed by atoms with Crippen LogP contribution in [-0.2, 0) is 29.1 Å². The molecule has 6 nitrogen and oxygen atoms in total. The van der Waals surface area contributed by atoms with Gasteiger partial charge in [0.25, 0.3) is 0 Å². The number of aliphatic hydroxyl groups excluding tert-OH is 1. The fourth-order valence-electron chi connectivity index (χ4n) is 6.22. The van der Waals surface area contributed by atoms with E-state index in [-0.39, 0.29) is 17.6 Å². The highest BCUT2D eigenvalue weighted by Crippen LogP contribution is 2.56. The molecule has 2 aliphatic heterocycles. The Kier molecular flexibility index (Phi) is 4.48. The smallest absolute Gasteiger partial charge is 0.227 e. The molecule has 33 heavy (non-hydrogen) atoms. The lowest BCUT2D eigenvalue weighted by atomic mass is 9.77. The zero-order valence-corrected chi connectivity index (χ0v) is 19.9. The molecule has 0 unspecified atom stereocenters. The van der Waals surface area contributed by atoms with Crippen LogP contribution in [0.15, 0.2) is 23.1 Å². The molecule has 3 heterocycles. The summed E-state index contributed by atoms with van der Waals surface area (Å²) in [5.41, 5.74) is 5.28. The SMILES string of the molecule is O=[S@@]1CC2(CC2)c2nc(N3CCC(c4ccc5c(c4)CC5)CC3)nc(NC3(CO)CCC3)c21.